The third-order valence-electron chi connectivity index (χ3n) is 4.07. The van der Waals surface area contributed by atoms with Gasteiger partial charge in [0, 0.05) is 17.8 Å². The van der Waals surface area contributed by atoms with Gasteiger partial charge in [-0.05, 0) is 31.3 Å². The average Bonchev–Trinajstić information content (AvgIpc) is 2.54. The van der Waals surface area contributed by atoms with Crippen molar-refractivity contribution in [3.05, 3.63) is 58.7 Å². The van der Waals surface area contributed by atoms with Crippen LogP contribution in [0.3, 0.4) is 0 Å². The molecule has 2 aromatic rings. The number of halogens is 3. The molecule has 0 aliphatic carbocycles. The first-order valence-electron chi connectivity index (χ1n) is 8.23. The topological polar surface area (TPSA) is 18.5 Å². The van der Waals surface area contributed by atoms with E-state index in [4.69, 9.17) is 9.47 Å². The van der Waals surface area contributed by atoms with Crippen molar-refractivity contribution in [2.75, 3.05) is 13.9 Å². The minimum absolute atomic E-state index is 0.0656. The molecule has 1 unspecified atom stereocenters. The lowest BCUT2D eigenvalue weighted by Gasteiger charge is -2.29. The molecule has 0 fully saturated rings. The zero-order valence-corrected chi connectivity index (χ0v) is 16.6. The first kappa shape index (κ1) is 20.7. The number of benzene rings is 2. The van der Waals surface area contributed by atoms with Crippen LogP contribution in [0.2, 0.25) is 0 Å². The Morgan fingerprint density at radius 3 is 2.08 bits per heavy atom. The molecule has 0 saturated heterocycles. The van der Waals surface area contributed by atoms with Crippen LogP contribution in [0.15, 0.2) is 36.4 Å². The van der Waals surface area contributed by atoms with Gasteiger partial charge < -0.3 is 9.47 Å². The molecule has 0 aliphatic rings. The van der Waals surface area contributed by atoms with E-state index in [1.807, 2.05) is 39.0 Å². The van der Waals surface area contributed by atoms with Crippen molar-refractivity contribution in [2.24, 2.45) is 0 Å². The van der Waals surface area contributed by atoms with E-state index in [2.05, 4.69) is 0 Å². The number of methoxy groups -OCH3 is 1. The van der Waals surface area contributed by atoms with Crippen molar-refractivity contribution in [1.82, 2.24) is 0 Å². The molecular weight excluding hydrogens is 360 g/mol. The highest BCUT2D eigenvalue weighted by molar-refractivity contribution is 7.48. The first-order valence-corrected chi connectivity index (χ1v) is 9.23. The van der Waals surface area contributed by atoms with Gasteiger partial charge in [0.05, 0.1) is 5.56 Å². The molecule has 0 radical (unpaired) electrons. The summed E-state index contributed by atoms with van der Waals surface area (Å²) in [5.41, 5.74) is 1.95. The van der Waals surface area contributed by atoms with Crippen molar-refractivity contribution < 1.29 is 22.6 Å². The van der Waals surface area contributed by atoms with Gasteiger partial charge in [0.15, 0.2) is 6.79 Å². The van der Waals surface area contributed by atoms with Crippen molar-refractivity contribution >= 4 is 13.9 Å². The third kappa shape index (κ3) is 4.99. The molecule has 0 aromatic heterocycles. The Morgan fingerprint density at radius 1 is 0.923 bits per heavy atom. The van der Waals surface area contributed by atoms with Gasteiger partial charge in [-0.3, -0.25) is 0 Å². The summed E-state index contributed by atoms with van der Waals surface area (Å²) in [4.78, 5) is 0. The van der Waals surface area contributed by atoms with Crippen LogP contribution in [-0.2, 0) is 16.1 Å². The Balaban J connectivity index is 2.45. The SMILES string of the molecule is COCOc1ccc(C)cc1C(C)(C)Pc1ccc(C)cc1C(F)(F)F. The Hall–Kier alpha value is -1.58. The predicted molar refractivity (Wildman–Crippen MR) is 101 cm³/mol. The van der Waals surface area contributed by atoms with Gasteiger partial charge in [0.25, 0.3) is 0 Å². The third-order valence-corrected chi connectivity index (χ3v) is 5.67. The molecule has 6 heteroatoms. The number of rotatable bonds is 6. The van der Waals surface area contributed by atoms with E-state index in [-0.39, 0.29) is 15.4 Å². The summed E-state index contributed by atoms with van der Waals surface area (Å²) in [7, 11) is 1.46. The van der Waals surface area contributed by atoms with E-state index >= 15 is 0 Å². The van der Waals surface area contributed by atoms with E-state index in [1.54, 1.807) is 19.1 Å². The zero-order valence-electron chi connectivity index (χ0n) is 15.6. The molecule has 1 atom stereocenters. The molecule has 0 heterocycles. The zero-order chi connectivity index (χ0) is 19.5. The molecule has 0 bridgehead atoms. The molecular formula is C20H24F3O2P. The fourth-order valence-corrected chi connectivity index (χ4v) is 4.30. The molecule has 142 valence electrons. The lowest BCUT2D eigenvalue weighted by molar-refractivity contribution is -0.136. The monoisotopic (exact) mass is 384 g/mol. The van der Waals surface area contributed by atoms with Gasteiger partial charge in [-0.25, -0.2) is 0 Å². The lowest BCUT2D eigenvalue weighted by Crippen LogP contribution is -2.22. The smallest absolute Gasteiger partial charge is 0.417 e. The summed E-state index contributed by atoms with van der Waals surface area (Å²) >= 11 is 0. The van der Waals surface area contributed by atoms with E-state index in [0.29, 0.717) is 16.6 Å². The standard InChI is InChI=1S/C20H24F3O2P/c1-13-6-8-17(25-12-24-5)15(10-13)19(3,4)26-18-9-7-14(2)11-16(18)20(21,22)23/h6-11,26H,12H2,1-5H3. The van der Waals surface area contributed by atoms with Gasteiger partial charge in [-0.15, -0.1) is 0 Å². The molecule has 0 N–H and O–H groups in total. The summed E-state index contributed by atoms with van der Waals surface area (Å²) in [5.74, 6) is 0.635. The van der Waals surface area contributed by atoms with Crippen molar-refractivity contribution in [3.8, 4) is 5.75 Å². The number of ether oxygens (including phenoxy) is 2. The minimum Gasteiger partial charge on any atom is -0.467 e. The van der Waals surface area contributed by atoms with Gasteiger partial charge in [0.2, 0.25) is 0 Å². The van der Waals surface area contributed by atoms with E-state index in [1.165, 1.54) is 13.2 Å². The summed E-state index contributed by atoms with van der Waals surface area (Å²) < 4.78 is 51.0. The largest absolute Gasteiger partial charge is 0.467 e. The van der Waals surface area contributed by atoms with Crippen LogP contribution in [0.4, 0.5) is 13.2 Å². The highest BCUT2D eigenvalue weighted by Gasteiger charge is 2.35. The van der Waals surface area contributed by atoms with Gasteiger partial charge in [0.1, 0.15) is 5.75 Å². The van der Waals surface area contributed by atoms with Gasteiger partial charge in [-0.2, -0.15) is 13.2 Å². The van der Waals surface area contributed by atoms with E-state index in [0.717, 1.165) is 11.1 Å². The number of aryl methyl sites for hydroxylation is 2. The van der Waals surface area contributed by atoms with Crippen LogP contribution in [0.5, 0.6) is 5.75 Å². The quantitative estimate of drug-likeness (QED) is 0.481. The Kier molecular flexibility index (Phi) is 6.36. The number of hydrogen-bond acceptors (Lipinski definition) is 2. The van der Waals surface area contributed by atoms with Crippen LogP contribution in [0.25, 0.3) is 0 Å². The normalized spacial score (nSPS) is 12.8. The maximum absolute atomic E-state index is 13.5. The molecule has 0 amide bonds. The maximum Gasteiger partial charge on any atom is 0.417 e. The summed E-state index contributed by atoms with van der Waals surface area (Å²) in [6, 6.07) is 10.3. The minimum atomic E-state index is -4.37. The molecule has 2 rings (SSSR count). The lowest BCUT2D eigenvalue weighted by atomic mass is 9.99. The van der Waals surface area contributed by atoms with Crippen LogP contribution in [0.1, 0.15) is 36.1 Å². The summed E-state index contributed by atoms with van der Waals surface area (Å²) in [6.07, 6.45) is -4.37. The fourth-order valence-electron chi connectivity index (χ4n) is 2.79. The summed E-state index contributed by atoms with van der Waals surface area (Å²) in [5, 5.41) is -0.211. The van der Waals surface area contributed by atoms with Crippen LogP contribution >= 0.6 is 8.58 Å². The first-order chi connectivity index (χ1) is 12.0. The molecule has 26 heavy (non-hydrogen) atoms. The fraction of sp³-hybridized carbons (Fsp3) is 0.400. The molecule has 0 saturated carbocycles. The second-order valence-electron chi connectivity index (χ2n) is 6.85. The highest BCUT2D eigenvalue weighted by atomic mass is 31.1. The summed E-state index contributed by atoms with van der Waals surface area (Å²) in [6.45, 7) is 7.60. The van der Waals surface area contributed by atoms with Gasteiger partial charge in [-0.1, -0.05) is 57.8 Å². The van der Waals surface area contributed by atoms with Gasteiger partial charge >= 0.3 is 6.18 Å². The predicted octanol–water partition coefficient (Wildman–Crippen LogP) is 5.54. The highest BCUT2D eigenvalue weighted by Crippen LogP contribution is 2.46. The van der Waals surface area contributed by atoms with Crippen molar-refractivity contribution in [3.63, 3.8) is 0 Å². The second-order valence-corrected chi connectivity index (χ2v) is 8.89. The Morgan fingerprint density at radius 2 is 1.50 bits per heavy atom. The Labute approximate surface area is 154 Å². The molecule has 0 aliphatic heterocycles. The Bertz CT molecular complexity index is 770. The van der Waals surface area contributed by atoms with Crippen molar-refractivity contribution in [1.29, 1.82) is 0 Å². The number of hydrogen-bond donors (Lipinski definition) is 0. The van der Waals surface area contributed by atoms with E-state index < -0.39 is 16.9 Å². The molecule has 2 aromatic carbocycles. The van der Waals surface area contributed by atoms with E-state index in [9.17, 15) is 13.2 Å². The average molecular weight is 384 g/mol. The maximum atomic E-state index is 13.5. The second kappa shape index (κ2) is 7.98. The molecule has 2 nitrogen and oxygen atoms in total. The number of alkyl halides is 3. The molecule has 0 spiro atoms. The van der Waals surface area contributed by atoms with Crippen LogP contribution in [0, 0.1) is 13.8 Å². The van der Waals surface area contributed by atoms with Crippen molar-refractivity contribution in [2.45, 2.75) is 39.0 Å². The van der Waals surface area contributed by atoms with Crippen LogP contribution in [-0.4, -0.2) is 13.9 Å². The van der Waals surface area contributed by atoms with Crippen LogP contribution < -0.4 is 10.0 Å².